The molecule has 0 saturated heterocycles. The fourth-order valence-electron chi connectivity index (χ4n) is 2.27. The predicted molar refractivity (Wildman–Crippen MR) is 118 cm³/mol. The molecule has 0 aliphatic rings. The summed E-state index contributed by atoms with van der Waals surface area (Å²) >= 11 is 0. The molecule has 0 aliphatic carbocycles. The van der Waals surface area contributed by atoms with E-state index >= 15 is 0 Å². The van der Waals surface area contributed by atoms with Gasteiger partial charge in [0.1, 0.15) is 16.1 Å². The summed E-state index contributed by atoms with van der Waals surface area (Å²) in [6, 6.07) is 0. The molecule has 0 radical (unpaired) electrons. The Hall–Kier alpha value is -1.11. The van der Waals surface area contributed by atoms with Crippen molar-refractivity contribution in [2.24, 2.45) is 0 Å². The van der Waals surface area contributed by atoms with Gasteiger partial charge in [-0.15, -0.1) is 11.1 Å². The molecule has 0 N–H and O–H groups in total. The average molecular weight is 391 g/mol. The van der Waals surface area contributed by atoms with Crippen molar-refractivity contribution in [3.63, 3.8) is 0 Å². The zero-order valence-electron chi connectivity index (χ0n) is 17.9. The molecule has 0 heterocycles. The summed E-state index contributed by atoms with van der Waals surface area (Å²) < 4.78 is 0. The van der Waals surface area contributed by atoms with Crippen LogP contribution in [0.5, 0.6) is 0 Å². The van der Waals surface area contributed by atoms with Gasteiger partial charge in [-0.1, -0.05) is 77.8 Å². The number of ketones is 2. The topological polar surface area (TPSA) is 34.1 Å². The van der Waals surface area contributed by atoms with Gasteiger partial charge in [0.25, 0.3) is 0 Å². The summed E-state index contributed by atoms with van der Waals surface area (Å²) in [5.41, 5.74) is 6.27. The molecule has 0 fully saturated rings. The second kappa shape index (κ2) is 13.1. The molecule has 0 aromatic carbocycles. The largest absolute Gasteiger partial charge is 0.285 e. The van der Waals surface area contributed by atoms with Gasteiger partial charge in [-0.05, 0) is 24.7 Å². The van der Waals surface area contributed by atoms with Crippen molar-refractivity contribution < 1.29 is 9.59 Å². The maximum absolute atomic E-state index is 11.7. The molecule has 0 aromatic heterocycles. The van der Waals surface area contributed by atoms with Crippen LogP contribution in [0.4, 0.5) is 0 Å². The lowest BCUT2D eigenvalue weighted by Crippen LogP contribution is -2.17. The number of carbonyl (C=O) groups excluding carboxylic acids is 2. The molecule has 0 rings (SSSR count). The van der Waals surface area contributed by atoms with Crippen LogP contribution in [0.3, 0.4) is 0 Å². The fourth-order valence-corrected chi connectivity index (χ4v) is 3.30. The van der Waals surface area contributed by atoms with Gasteiger partial charge in [-0.25, -0.2) is 0 Å². The third kappa shape index (κ3) is 19.2. The van der Waals surface area contributed by atoms with Crippen LogP contribution in [0.2, 0.25) is 39.3 Å². The Morgan fingerprint density at radius 2 is 0.808 bits per heavy atom. The highest BCUT2D eigenvalue weighted by Crippen LogP contribution is 2.11. The summed E-state index contributed by atoms with van der Waals surface area (Å²) in [6.45, 7) is 12.9. The number of hydrogen-bond donors (Lipinski definition) is 0. The molecule has 0 spiro atoms. The Kier molecular flexibility index (Phi) is 12.6. The molecule has 26 heavy (non-hydrogen) atoms. The van der Waals surface area contributed by atoms with E-state index in [-0.39, 0.29) is 11.6 Å². The smallest absolute Gasteiger partial charge is 0.204 e. The summed E-state index contributed by atoms with van der Waals surface area (Å²) in [4.78, 5) is 23.3. The van der Waals surface area contributed by atoms with Crippen LogP contribution in [-0.4, -0.2) is 27.7 Å². The highest BCUT2D eigenvalue weighted by Gasteiger charge is 2.09. The first-order chi connectivity index (χ1) is 12.0. The SMILES string of the molecule is C[Si](C)(C)C#CC(=O)CCCCCCCCCCC(=O)C#C[Si](C)(C)C. The predicted octanol–water partition coefficient (Wildman–Crippen LogP) is 5.79. The minimum Gasteiger partial charge on any atom is -0.285 e. The van der Waals surface area contributed by atoms with Gasteiger partial charge < -0.3 is 0 Å². The van der Waals surface area contributed by atoms with Gasteiger partial charge in [0.05, 0.1) is 0 Å². The molecule has 0 unspecified atom stereocenters. The van der Waals surface area contributed by atoms with Crippen LogP contribution in [0.1, 0.15) is 64.2 Å². The number of carbonyl (C=O) groups is 2. The van der Waals surface area contributed by atoms with Crippen LogP contribution < -0.4 is 0 Å². The van der Waals surface area contributed by atoms with Crippen molar-refractivity contribution in [2.45, 2.75) is 103 Å². The first kappa shape index (κ1) is 24.9. The van der Waals surface area contributed by atoms with E-state index in [0.717, 1.165) is 25.7 Å². The minimum absolute atomic E-state index is 0.106. The van der Waals surface area contributed by atoms with E-state index in [4.69, 9.17) is 0 Å². The van der Waals surface area contributed by atoms with Gasteiger partial charge in [-0.2, -0.15) is 0 Å². The van der Waals surface area contributed by atoms with E-state index in [1.165, 1.54) is 25.7 Å². The van der Waals surface area contributed by atoms with Crippen LogP contribution >= 0.6 is 0 Å². The van der Waals surface area contributed by atoms with Gasteiger partial charge >= 0.3 is 0 Å². The van der Waals surface area contributed by atoms with E-state index in [1.807, 2.05) is 0 Å². The third-order valence-corrected chi connectivity index (χ3v) is 5.46. The number of Topliss-reactive ketones (excluding diaryl/α,β-unsaturated/α-hetero) is 2. The lowest BCUT2D eigenvalue weighted by molar-refractivity contribution is -0.114. The Morgan fingerprint density at radius 1 is 0.538 bits per heavy atom. The van der Waals surface area contributed by atoms with Crippen LogP contribution in [-0.2, 0) is 9.59 Å². The van der Waals surface area contributed by atoms with E-state index in [2.05, 4.69) is 62.2 Å². The molecule has 0 atom stereocenters. The summed E-state index contributed by atoms with van der Waals surface area (Å²) in [5.74, 6) is 5.84. The summed E-state index contributed by atoms with van der Waals surface area (Å²) in [5, 5.41) is 0. The Bertz CT molecular complexity index is 505. The maximum Gasteiger partial charge on any atom is 0.204 e. The van der Waals surface area contributed by atoms with Gasteiger partial charge in [0.2, 0.25) is 11.6 Å². The van der Waals surface area contributed by atoms with Crippen molar-refractivity contribution in [3.05, 3.63) is 0 Å². The van der Waals surface area contributed by atoms with E-state index in [9.17, 15) is 9.59 Å². The Morgan fingerprint density at radius 3 is 1.08 bits per heavy atom. The quantitative estimate of drug-likeness (QED) is 0.254. The molecule has 0 aromatic rings. The first-order valence-electron chi connectivity index (χ1n) is 10.1. The zero-order chi connectivity index (χ0) is 20.1. The third-order valence-electron chi connectivity index (χ3n) is 3.71. The highest BCUT2D eigenvalue weighted by molar-refractivity contribution is 6.84. The van der Waals surface area contributed by atoms with Crippen molar-refractivity contribution >= 4 is 27.7 Å². The molecule has 4 heteroatoms. The Balaban J connectivity index is 3.54. The molecule has 0 amide bonds. The van der Waals surface area contributed by atoms with Crippen molar-refractivity contribution in [1.82, 2.24) is 0 Å². The fraction of sp³-hybridized carbons (Fsp3) is 0.727. The maximum atomic E-state index is 11.7. The average Bonchev–Trinajstić information content (AvgIpc) is 2.51. The van der Waals surface area contributed by atoms with Crippen LogP contribution in [0, 0.1) is 22.9 Å². The second-order valence-electron chi connectivity index (χ2n) is 9.17. The van der Waals surface area contributed by atoms with Crippen LogP contribution in [0.25, 0.3) is 0 Å². The minimum atomic E-state index is -1.43. The second-order valence-corrected chi connectivity index (χ2v) is 18.7. The van der Waals surface area contributed by atoms with E-state index in [0.29, 0.717) is 12.8 Å². The normalized spacial score (nSPS) is 11.2. The molecule has 0 saturated carbocycles. The highest BCUT2D eigenvalue weighted by atomic mass is 28.3. The standard InChI is InChI=1S/C22H38O2Si2/c1-25(2,3)19-17-21(23)15-13-11-9-7-8-10-12-14-16-22(24)18-20-26(4,5)6/h7-16H2,1-6H3. The molecule has 0 bridgehead atoms. The first-order valence-corrected chi connectivity index (χ1v) is 17.1. The van der Waals surface area contributed by atoms with Crippen molar-refractivity contribution in [1.29, 1.82) is 0 Å². The molecule has 0 aliphatic heterocycles. The van der Waals surface area contributed by atoms with Gasteiger partial charge in [0, 0.05) is 12.8 Å². The number of rotatable bonds is 11. The number of unbranched alkanes of at least 4 members (excludes halogenated alkanes) is 7. The Labute approximate surface area is 163 Å². The lowest BCUT2D eigenvalue weighted by atomic mass is 10.0. The molecule has 146 valence electrons. The van der Waals surface area contributed by atoms with Gasteiger partial charge in [-0.3, -0.25) is 9.59 Å². The molecule has 2 nitrogen and oxygen atoms in total. The summed E-state index contributed by atoms with van der Waals surface area (Å²) in [6.07, 6.45) is 10.2. The van der Waals surface area contributed by atoms with Crippen molar-refractivity contribution in [3.8, 4) is 22.9 Å². The van der Waals surface area contributed by atoms with Crippen LogP contribution in [0.15, 0.2) is 0 Å². The summed E-state index contributed by atoms with van der Waals surface area (Å²) in [7, 11) is -2.85. The lowest BCUT2D eigenvalue weighted by Gasteiger charge is -2.03. The van der Waals surface area contributed by atoms with Gasteiger partial charge in [0.15, 0.2) is 0 Å². The zero-order valence-corrected chi connectivity index (χ0v) is 19.9. The molecular formula is C22H38O2Si2. The molecular weight excluding hydrogens is 352 g/mol. The van der Waals surface area contributed by atoms with E-state index in [1.54, 1.807) is 0 Å². The number of hydrogen-bond acceptors (Lipinski definition) is 2. The van der Waals surface area contributed by atoms with Crippen molar-refractivity contribution in [2.75, 3.05) is 0 Å². The van der Waals surface area contributed by atoms with E-state index < -0.39 is 16.1 Å². The monoisotopic (exact) mass is 390 g/mol.